The summed E-state index contributed by atoms with van der Waals surface area (Å²) in [5, 5.41) is 0. The Morgan fingerprint density at radius 1 is 0.500 bits per heavy atom. The summed E-state index contributed by atoms with van der Waals surface area (Å²) in [4.78, 5) is 0. The maximum atomic E-state index is 14.5. The summed E-state index contributed by atoms with van der Waals surface area (Å²) in [7, 11) is 0. The van der Waals surface area contributed by atoms with E-state index in [0.717, 1.165) is 30.5 Å². The molecule has 0 saturated heterocycles. The van der Waals surface area contributed by atoms with E-state index in [1.807, 2.05) is 13.0 Å². The standard InChI is InChI=1S/C25H23F5/c1-2-3-16-4-8-19(22(27)12-16)9-5-18-14-23(28)20(24(29)15-18)10-6-17-7-11-21(26)25(30)13-17/h4,7-8,11-15H,2-3,5-6,9-10H2,1H3. The van der Waals surface area contributed by atoms with Crippen LogP contribution in [0, 0.1) is 29.1 Å². The first kappa shape index (κ1) is 22.0. The lowest BCUT2D eigenvalue weighted by Crippen LogP contribution is -2.03. The van der Waals surface area contributed by atoms with Crippen molar-refractivity contribution in [2.24, 2.45) is 0 Å². The maximum Gasteiger partial charge on any atom is 0.159 e. The number of halogens is 5. The van der Waals surface area contributed by atoms with Gasteiger partial charge in [-0.25, -0.2) is 22.0 Å². The van der Waals surface area contributed by atoms with Crippen LogP contribution < -0.4 is 0 Å². The van der Waals surface area contributed by atoms with E-state index < -0.39 is 23.3 Å². The van der Waals surface area contributed by atoms with Gasteiger partial charge in [0.2, 0.25) is 0 Å². The van der Waals surface area contributed by atoms with E-state index in [1.165, 1.54) is 24.3 Å². The monoisotopic (exact) mass is 418 g/mol. The molecule has 158 valence electrons. The van der Waals surface area contributed by atoms with Gasteiger partial charge in [-0.15, -0.1) is 0 Å². The SMILES string of the molecule is CCCc1ccc(CCc2cc(F)c(CCc3ccc(F)c(F)c3)c(F)c2)c(F)c1. The minimum absolute atomic E-state index is 0.0243. The molecule has 3 rings (SSSR count). The lowest BCUT2D eigenvalue weighted by molar-refractivity contribution is 0.506. The first-order valence-corrected chi connectivity index (χ1v) is 10.1. The van der Waals surface area contributed by atoms with Crippen LogP contribution in [0.4, 0.5) is 22.0 Å². The van der Waals surface area contributed by atoms with E-state index in [9.17, 15) is 22.0 Å². The van der Waals surface area contributed by atoms with E-state index >= 15 is 0 Å². The van der Waals surface area contributed by atoms with E-state index in [2.05, 4.69) is 0 Å². The van der Waals surface area contributed by atoms with Crippen LogP contribution in [-0.2, 0) is 32.1 Å². The first-order chi connectivity index (χ1) is 14.4. The number of benzene rings is 3. The van der Waals surface area contributed by atoms with Gasteiger partial charge in [-0.3, -0.25) is 0 Å². The molecule has 0 aliphatic carbocycles. The molecule has 3 aromatic carbocycles. The molecular weight excluding hydrogens is 395 g/mol. The average Bonchev–Trinajstić information content (AvgIpc) is 2.69. The molecule has 0 aliphatic rings. The summed E-state index contributed by atoms with van der Waals surface area (Å²) in [5.74, 6) is -3.63. The molecule has 0 aromatic heterocycles. The summed E-state index contributed by atoms with van der Waals surface area (Å²) in [6.07, 6.45) is 2.59. The Balaban J connectivity index is 1.66. The van der Waals surface area contributed by atoms with Gasteiger partial charge in [0, 0.05) is 5.56 Å². The van der Waals surface area contributed by atoms with Crippen molar-refractivity contribution >= 4 is 0 Å². The third-order valence-electron chi connectivity index (χ3n) is 5.19. The largest absolute Gasteiger partial charge is 0.207 e. The molecule has 0 saturated carbocycles. The average molecular weight is 418 g/mol. The van der Waals surface area contributed by atoms with Gasteiger partial charge in [0.25, 0.3) is 0 Å². The van der Waals surface area contributed by atoms with E-state index in [0.29, 0.717) is 29.5 Å². The first-order valence-electron chi connectivity index (χ1n) is 10.1. The van der Waals surface area contributed by atoms with E-state index in [-0.39, 0.29) is 24.2 Å². The second kappa shape index (κ2) is 9.88. The zero-order valence-electron chi connectivity index (χ0n) is 16.8. The van der Waals surface area contributed by atoms with Crippen LogP contribution in [0.3, 0.4) is 0 Å². The van der Waals surface area contributed by atoms with E-state index in [4.69, 9.17) is 0 Å². The normalized spacial score (nSPS) is 11.1. The molecule has 0 nitrogen and oxygen atoms in total. The molecule has 0 atom stereocenters. The Morgan fingerprint density at radius 2 is 1.07 bits per heavy atom. The van der Waals surface area contributed by atoms with Gasteiger partial charge in [-0.1, -0.05) is 31.5 Å². The van der Waals surface area contributed by atoms with Crippen molar-refractivity contribution in [2.75, 3.05) is 0 Å². The lowest BCUT2D eigenvalue weighted by atomic mass is 9.98. The third kappa shape index (κ3) is 5.47. The zero-order chi connectivity index (χ0) is 21.7. The predicted molar refractivity (Wildman–Crippen MR) is 108 cm³/mol. The van der Waals surface area contributed by atoms with Gasteiger partial charge < -0.3 is 0 Å². The number of rotatable bonds is 8. The third-order valence-corrected chi connectivity index (χ3v) is 5.19. The molecule has 5 heteroatoms. The molecule has 30 heavy (non-hydrogen) atoms. The highest BCUT2D eigenvalue weighted by Crippen LogP contribution is 2.21. The highest BCUT2D eigenvalue weighted by molar-refractivity contribution is 5.30. The highest BCUT2D eigenvalue weighted by Gasteiger charge is 2.13. The van der Waals surface area contributed by atoms with Crippen LogP contribution in [0.25, 0.3) is 0 Å². The molecule has 0 aliphatic heterocycles. The fourth-order valence-corrected chi connectivity index (χ4v) is 3.52. The van der Waals surface area contributed by atoms with Crippen LogP contribution >= 0.6 is 0 Å². The Morgan fingerprint density at radius 3 is 1.70 bits per heavy atom. The quantitative estimate of drug-likeness (QED) is 0.349. The highest BCUT2D eigenvalue weighted by atomic mass is 19.2. The Bertz CT molecular complexity index is 1000. The predicted octanol–water partition coefficient (Wildman–Crippen LogP) is 6.91. The van der Waals surface area contributed by atoms with Crippen molar-refractivity contribution in [2.45, 2.75) is 45.4 Å². The van der Waals surface area contributed by atoms with Crippen molar-refractivity contribution in [1.82, 2.24) is 0 Å². The maximum absolute atomic E-state index is 14.5. The van der Waals surface area contributed by atoms with Crippen molar-refractivity contribution < 1.29 is 22.0 Å². The van der Waals surface area contributed by atoms with Crippen molar-refractivity contribution in [1.29, 1.82) is 0 Å². The van der Waals surface area contributed by atoms with Gasteiger partial charge in [-0.2, -0.15) is 0 Å². The molecule has 0 radical (unpaired) electrons. The summed E-state index contributed by atoms with van der Waals surface area (Å²) in [6, 6.07) is 11.0. The Kier molecular flexibility index (Phi) is 7.24. The van der Waals surface area contributed by atoms with Crippen LogP contribution in [-0.4, -0.2) is 0 Å². The Labute approximate surface area is 173 Å². The molecule has 0 spiro atoms. The minimum Gasteiger partial charge on any atom is -0.207 e. The van der Waals surface area contributed by atoms with Gasteiger partial charge in [0.05, 0.1) is 0 Å². The smallest absolute Gasteiger partial charge is 0.159 e. The second-order valence-corrected chi connectivity index (χ2v) is 7.46. The lowest BCUT2D eigenvalue weighted by Gasteiger charge is -2.10. The molecule has 0 N–H and O–H groups in total. The van der Waals surface area contributed by atoms with Gasteiger partial charge in [0.15, 0.2) is 11.6 Å². The van der Waals surface area contributed by atoms with Crippen LogP contribution in [0.1, 0.15) is 41.2 Å². The van der Waals surface area contributed by atoms with Crippen LogP contribution in [0.15, 0.2) is 48.5 Å². The topological polar surface area (TPSA) is 0 Å². The number of aryl methyl sites for hydroxylation is 4. The summed E-state index contributed by atoms with van der Waals surface area (Å²) < 4.78 is 69.4. The number of hydrogen-bond acceptors (Lipinski definition) is 0. The number of hydrogen-bond donors (Lipinski definition) is 0. The second-order valence-electron chi connectivity index (χ2n) is 7.46. The molecule has 3 aromatic rings. The van der Waals surface area contributed by atoms with Gasteiger partial charge >= 0.3 is 0 Å². The molecule has 0 fully saturated rings. The summed E-state index contributed by atoms with van der Waals surface area (Å²) in [5.41, 5.74) is 2.25. The molecular formula is C25H23F5. The van der Waals surface area contributed by atoms with Crippen LogP contribution in [0.5, 0.6) is 0 Å². The van der Waals surface area contributed by atoms with E-state index in [1.54, 1.807) is 6.07 Å². The molecule has 0 unspecified atom stereocenters. The van der Waals surface area contributed by atoms with Crippen molar-refractivity contribution in [3.05, 3.63) is 105 Å². The van der Waals surface area contributed by atoms with Crippen LogP contribution in [0.2, 0.25) is 0 Å². The fourth-order valence-electron chi connectivity index (χ4n) is 3.52. The van der Waals surface area contributed by atoms with Gasteiger partial charge in [0.1, 0.15) is 17.5 Å². The van der Waals surface area contributed by atoms with Crippen molar-refractivity contribution in [3.63, 3.8) is 0 Å². The van der Waals surface area contributed by atoms with Gasteiger partial charge in [-0.05, 0) is 84.7 Å². The molecule has 0 amide bonds. The fraction of sp³-hybridized carbons (Fsp3) is 0.280. The zero-order valence-corrected chi connectivity index (χ0v) is 16.8. The summed E-state index contributed by atoms with van der Waals surface area (Å²) >= 11 is 0. The molecule has 0 heterocycles. The van der Waals surface area contributed by atoms with Crippen molar-refractivity contribution in [3.8, 4) is 0 Å². The Hall–Kier alpha value is -2.69. The molecule has 0 bridgehead atoms. The minimum atomic E-state index is -0.987. The summed E-state index contributed by atoms with van der Waals surface area (Å²) in [6.45, 7) is 2.02.